The molecule has 0 aromatic heterocycles. The van der Waals surface area contributed by atoms with Gasteiger partial charge in [-0.3, -0.25) is 4.90 Å². The van der Waals surface area contributed by atoms with Gasteiger partial charge in [0.2, 0.25) is 0 Å². The van der Waals surface area contributed by atoms with Gasteiger partial charge in [0.25, 0.3) is 0 Å². The van der Waals surface area contributed by atoms with Crippen molar-refractivity contribution in [1.29, 1.82) is 10.5 Å². The van der Waals surface area contributed by atoms with Gasteiger partial charge in [-0.25, -0.2) is 0 Å². The zero-order chi connectivity index (χ0) is 10.1. The molecule has 0 amide bonds. The molecule has 0 spiro atoms. The van der Waals surface area contributed by atoms with Crippen LogP contribution in [0.1, 0.15) is 19.8 Å². The number of nitriles is 2. The molecule has 4 heteroatoms. The van der Waals surface area contributed by atoms with Gasteiger partial charge in [-0.2, -0.15) is 10.5 Å². The van der Waals surface area contributed by atoms with E-state index in [1.165, 1.54) is 0 Å². The largest absolute Gasteiger partial charge is 0.328 e. The van der Waals surface area contributed by atoms with Crippen LogP contribution >= 0.6 is 0 Å². The van der Waals surface area contributed by atoms with Crippen molar-refractivity contribution in [3.63, 3.8) is 0 Å². The van der Waals surface area contributed by atoms with Crippen molar-refractivity contribution >= 4 is 0 Å². The Kier molecular flexibility index (Phi) is 6.91. The highest BCUT2D eigenvalue weighted by molar-refractivity contribution is 4.84. The van der Waals surface area contributed by atoms with Crippen molar-refractivity contribution in [1.82, 2.24) is 4.90 Å². The van der Waals surface area contributed by atoms with Crippen LogP contribution in [0.15, 0.2) is 0 Å². The van der Waals surface area contributed by atoms with Crippen LogP contribution in [0.2, 0.25) is 0 Å². The molecule has 0 aliphatic heterocycles. The summed E-state index contributed by atoms with van der Waals surface area (Å²) in [6.07, 6.45) is 1.78. The molecule has 13 heavy (non-hydrogen) atoms. The molecule has 0 radical (unpaired) electrons. The Morgan fingerprint density at radius 1 is 1.31 bits per heavy atom. The molecule has 72 valence electrons. The normalized spacial score (nSPS) is 12.1. The van der Waals surface area contributed by atoms with Gasteiger partial charge in [0.05, 0.1) is 25.2 Å². The summed E-state index contributed by atoms with van der Waals surface area (Å²) in [6.45, 7) is 3.38. The standard InChI is InChI=1S/C9H16N4/c1-2-9(12)3-6-13(7-4-10)8-5-11/h9H,2-3,6-8,12H2,1H3. The van der Waals surface area contributed by atoms with Crippen molar-refractivity contribution in [3.05, 3.63) is 0 Å². The average molecular weight is 180 g/mol. The molecule has 4 nitrogen and oxygen atoms in total. The second-order valence-electron chi connectivity index (χ2n) is 2.98. The Hall–Kier alpha value is -1.10. The first-order chi connectivity index (χ1) is 6.24. The van der Waals surface area contributed by atoms with Crippen LogP contribution in [0.4, 0.5) is 0 Å². The summed E-state index contributed by atoms with van der Waals surface area (Å²) in [7, 11) is 0. The van der Waals surface area contributed by atoms with Crippen LogP contribution in [0, 0.1) is 22.7 Å². The second kappa shape index (κ2) is 7.54. The molecule has 0 aromatic carbocycles. The van der Waals surface area contributed by atoms with E-state index < -0.39 is 0 Å². The Bertz CT molecular complexity index is 185. The highest BCUT2D eigenvalue weighted by Crippen LogP contribution is 1.96. The van der Waals surface area contributed by atoms with E-state index in [4.69, 9.17) is 16.3 Å². The molecule has 0 saturated heterocycles. The SMILES string of the molecule is CCC(N)CCN(CC#N)CC#N. The van der Waals surface area contributed by atoms with Crippen molar-refractivity contribution in [2.45, 2.75) is 25.8 Å². The van der Waals surface area contributed by atoms with Crippen LogP contribution < -0.4 is 5.73 Å². The Morgan fingerprint density at radius 2 is 1.85 bits per heavy atom. The molecule has 0 fully saturated rings. The van der Waals surface area contributed by atoms with Crippen molar-refractivity contribution in [2.24, 2.45) is 5.73 Å². The Balaban J connectivity index is 3.70. The van der Waals surface area contributed by atoms with Gasteiger partial charge in [-0.15, -0.1) is 0 Å². The molecule has 0 rings (SSSR count). The van der Waals surface area contributed by atoms with Crippen molar-refractivity contribution in [3.8, 4) is 12.1 Å². The molecular formula is C9H16N4. The van der Waals surface area contributed by atoms with Crippen LogP contribution in [0.25, 0.3) is 0 Å². The third-order valence-electron chi connectivity index (χ3n) is 1.93. The minimum absolute atomic E-state index is 0.180. The van der Waals surface area contributed by atoms with E-state index in [2.05, 4.69) is 0 Å². The van der Waals surface area contributed by atoms with Gasteiger partial charge < -0.3 is 5.73 Å². The fourth-order valence-corrected chi connectivity index (χ4v) is 0.967. The van der Waals surface area contributed by atoms with E-state index in [0.29, 0.717) is 13.1 Å². The molecule has 0 bridgehead atoms. The van der Waals surface area contributed by atoms with E-state index in [1.807, 2.05) is 19.1 Å². The maximum absolute atomic E-state index is 8.45. The average Bonchev–Trinajstić information content (AvgIpc) is 2.14. The lowest BCUT2D eigenvalue weighted by Gasteiger charge is -2.17. The fourth-order valence-electron chi connectivity index (χ4n) is 0.967. The quantitative estimate of drug-likeness (QED) is 0.602. The third kappa shape index (κ3) is 6.10. The van der Waals surface area contributed by atoms with Gasteiger partial charge >= 0.3 is 0 Å². The minimum Gasteiger partial charge on any atom is -0.328 e. The second-order valence-corrected chi connectivity index (χ2v) is 2.98. The Labute approximate surface area is 79.5 Å². The topological polar surface area (TPSA) is 76.8 Å². The van der Waals surface area contributed by atoms with Gasteiger partial charge in [-0.1, -0.05) is 6.92 Å². The van der Waals surface area contributed by atoms with Gasteiger partial charge in [-0.05, 0) is 12.8 Å². The smallest absolute Gasteiger partial charge is 0.0874 e. The first-order valence-electron chi connectivity index (χ1n) is 4.46. The van der Waals surface area contributed by atoms with Crippen LogP contribution in [0.3, 0.4) is 0 Å². The molecule has 1 atom stereocenters. The maximum atomic E-state index is 8.45. The molecule has 0 saturated carbocycles. The lowest BCUT2D eigenvalue weighted by molar-refractivity contribution is 0.323. The van der Waals surface area contributed by atoms with E-state index >= 15 is 0 Å². The molecule has 0 aromatic rings. The third-order valence-corrected chi connectivity index (χ3v) is 1.93. The summed E-state index contributed by atoms with van der Waals surface area (Å²) < 4.78 is 0. The molecule has 1 unspecified atom stereocenters. The summed E-state index contributed by atoms with van der Waals surface area (Å²) in [5.41, 5.74) is 5.72. The number of nitrogens with two attached hydrogens (primary N) is 1. The van der Waals surface area contributed by atoms with Crippen LogP contribution in [-0.2, 0) is 0 Å². The monoisotopic (exact) mass is 180 g/mol. The lowest BCUT2D eigenvalue weighted by atomic mass is 10.1. The van der Waals surface area contributed by atoms with Gasteiger partial charge in [0.15, 0.2) is 0 Å². The highest BCUT2D eigenvalue weighted by atomic mass is 15.1. The molecule has 2 N–H and O–H groups in total. The van der Waals surface area contributed by atoms with Crippen molar-refractivity contribution < 1.29 is 0 Å². The summed E-state index contributed by atoms with van der Waals surface area (Å²) in [4.78, 5) is 1.80. The molecule has 0 aliphatic rings. The number of hydrogen-bond donors (Lipinski definition) is 1. The first-order valence-corrected chi connectivity index (χ1v) is 4.46. The Morgan fingerprint density at radius 3 is 2.23 bits per heavy atom. The minimum atomic E-state index is 0.180. The van der Waals surface area contributed by atoms with Crippen LogP contribution in [0.5, 0.6) is 0 Å². The highest BCUT2D eigenvalue weighted by Gasteiger charge is 2.05. The summed E-state index contributed by atoms with van der Waals surface area (Å²) in [5.74, 6) is 0. The molecular weight excluding hydrogens is 164 g/mol. The fraction of sp³-hybridized carbons (Fsp3) is 0.778. The van der Waals surface area contributed by atoms with E-state index in [9.17, 15) is 0 Å². The number of hydrogen-bond acceptors (Lipinski definition) is 4. The molecule has 0 heterocycles. The number of nitrogens with zero attached hydrogens (tertiary/aromatic N) is 3. The van der Waals surface area contributed by atoms with E-state index in [-0.39, 0.29) is 6.04 Å². The molecule has 0 aliphatic carbocycles. The predicted octanol–water partition coefficient (Wildman–Crippen LogP) is 0.463. The van der Waals surface area contributed by atoms with Crippen LogP contribution in [-0.4, -0.2) is 30.6 Å². The predicted molar refractivity (Wildman–Crippen MR) is 50.5 cm³/mol. The zero-order valence-corrected chi connectivity index (χ0v) is 8.03. The van der Waals surface area contributed by atoms with E-state index in [1.54, 1.807) is 4.90 Å². The number of rotatable bonds is 6. The zero-order valence-electron chi connectivity index (χ0n) is 8.03. The lowest BCUT2D eigenvalue weighted by Crippen LogP contribution is -2.30. The van der Waals surface area contributed by atoms with E-state index in [0.717, 1.165) is 19.4 Å². The first kappa shape index (κ1) is 11.9. The van der Waals surface area contributed by atoms with Crippen molar-refractivity contribution in [2.75, 3.05) is 19.6 Å². The van der Waals surface area contributed by atoms with Gasteiger partial charge in [0, 0.05) is 12.6 Å². The van der Waals surface area contributed by atoms with Gasteiger partial charge in [0.1, 0.15) is 0 Å². The summed E-state index contributed by atoms with van der Waals surface area (Å²) >= 11 is 0. The summed E-state index contributed by atoms with van der Waals surface area (Å²) in [6, 6.07) is 4.24. The summed E-state index contributed by atoms with van der Waals surface area (Å²) in [5, 5.41) is 16.9. The maximum Gasteiger partial charge on any atom is 0.0874 e.